The van der Waals surface area contributed by atoms with Crippen LogP contribution in [0.15, 0.2) is 53.5 Å². The lowest BCUT2D eigenvalue weighted by Gasteiger charge is -2.32. The van der Waals surface area contributed by atoms with Crippen molar-refractivity contribution in [1.29, 1.82) is 0 Å². The molecule has 2 aromatic rings. The molecule has 0 radical (unpaired) electrons. The van der Waals surface area contributed by atoms with Crippen molar-refractivity contribution in [3.63, 3.8) is 0 Å². The van der Waals surface area contributed by atoms with Crippen LogP contribution in [0.5, 0.6) is 0 Å². The van der Waals surface area contributed by atoms with Gasteiger partial charge in [-0.05, 0) is 24.1 Å². The van der Waals surface area contributed by atoms with Crippen molar-refractivity contribution in [2.24, 2.45) is 7.05 Å². The molecule has 0 aliphatic carbocycles. The van der Waals surface area contributed by atoms with Gasteiger partial charge in [0.25, 0.3) is 11.5 Å². The van der Waals surface area contributed by atoms with Crippen LogP contribution >= 0.6 is 0 Å². The predicted octanol–water partition coefficient (Wildman–Crippen LogP) is 1.49. The first-order chi connectivity index (χ1) is 12.1. The van der Waals surface area contributed by atoms with Gasteiger partial charge in [0.15, 0.2) is 0 Å². The van der Waals surface area contributed by atoms with Gasteiger partial charge in [-0.25, -0.2) is 0 Å². The Balaban J connectivity index is 1.65. The number of pyridine rings is 1. The maximum absolute atomic E-state index is 12.5. The van der Waals surface area contributed by atoms with Crippen molar-refractivity contribution >= 4 is 5.91 Å². The van der Waals surface area contributed by atoms with E-state index in [-0.39, 0.29) is 29.2 Å². The summed E-state index contributed by atoms with van der Waals surface area (Å²) in [6.45, 7) is 1.43. The summed E-state index contributed by atoms with van der Waals surface area (Å²) in [6.07, 6.45) is 2.03. The van der Waals surface area contributed by atoms with Crippen LogP contribution in [0.4, 0.5) is 0 Å². The summed E-state index contributed by atoms with van der Waals surface area (Å²) in [6, 6.07) is 12.9. The van der Waals surface area contributed by atoms with Gasteiger partial charge in [0, 0.05) is 19.9 Å². The van der Waals surface area contributed by atoms with E-state index in [1.807, 2.05) is 30.3 Å². The van der Waals surface area contributed by atoms with E-state index in [9.17, 15) is 9.59 Å². The quantitative estimate of drug-likeness (QED) is 0.894. The van der Waals surface area contributed by atoms with Gasteiger partial charge in [-0.15, -0.1) is 0 Å². The second-order valence-electron chi connectivity index (χ2n) is 6.12. The molecule has 1 aliphatic heterocycles. The number of nitrogens with zero attached hydrogens (tertiary/aromatic N) is 1. The Morgan fingerprint density at radius 3 is 2.88 bits per heavy atom. The highest BCUT2D eigenvalue weighted by molar-refractivity contribution is 5.94. The van der Waals surface area contributed by atoms with Crippen molar-refractivity contribution in [3.05, 3.63) is 70.1 Å². The summed E-state index contributed by atoms with van der Waals surface area (Å²) < 4.78 is 12.8. The number of hydrogen-bond donors (Lipinski definition) is 1. The smallest absolute Gasteiger partial charge is 0.263 e. The standard InChI is InChI=1S/C19H22N2O4/c1-21-10-5-8-15(19(21)23)18(22)20-16-9-11-24-13-17(16)25-12-14-6-3-2-4-7-14/h2-8,10,16-17H,9,11-13H2,1H3,(H,20,22)/t16-,17-/m1/s1. The van der Waals surface area contributed by atoms with E-state index in [1.165, 1.54) is 10.6 Å². The normalized spacial score (nSPS) is 20.2. The number of amides is 1. The second kappa shape index (κ2) is 8.09. The molecule has 0 unspecified atom stereocenters. The van der Waals surface area contributed by atoms with E-state index < -0.39 is 0 Å². The fourth-order valence-corrected chi connectivity index (χ4v) is 2.83. The number of nitrogens with one attached hydrogen (secondary N) is 1. The molecule has 0 saturated carbocycles. The molecule has 1 amide bonds. The van der Waals surface area contributed by atoms with E-state index >= 15 is 0 Å². The number of aryl methyl sites for hydroxylation is 1. The molecule has 1 saturated heterocycles. The average Bonchev–Trinajstić information content (AvgIpc) is 2.64. The van der Waals surface area contributed by atoms with E-state index in [4.69, 9.17) is 9.47 Å². The minimum Gasteiger partial charge on any atom is -0.379 e. The van der Waals surface area contributed by atoms with Gasteiger partial charge in [0.1, 0.15) is 11.7 Å². The van der Waals surface area contributed by atoms with E-state index in [2.05, 4.69) is 5.32 Å². The molecule has 1 fully saturated rings. The van der Waals surface area contributed by atoms with Crippen molar-refractivity contribution < 1.29 is 14.3 Å². The monoisotopic (exact) mass is 342 g/mol. The number of aromatic nitrogens is 1. The first kappa shape index (κ1) is 17.4. The molecule has 0 bridgehead atoms. The summed E-state index contributed by atoms with van der Waals surface area (Å²) in [4.78, 5) is 24.6. The maximum atomic E-state index is 12.5. The molecule has 25 heavy (non-hydrogen) atoms. The number of carbonyl (C=O) groups is 1. The second-order valence-corrected chi connectivity index (χ2v) is 6.12. The molecule has 1 aliphatic rings. The lowest BCUT2D eigenvalue weighted by molar-refractivity contribution is -0.0736. The molecule has 6 nitrogen and oxygen atoms in total. The van der Waals surface area contributed by atoms with Crippen LogP contribution in [0.3, 0.4) is 0 Å². The highest BCUT2D eigenvalue weighted by Gasteiger charge is 2.29. The lowest BCUT2D eigenvalue weighted by Crippen LogP contribution is -2.50. The Morgan fingerprint density at radius 1 is 1.28 bits per heavy atom. The molecule has 2 atom stereocenters. The minimum atomic E-state index is -0.374. The van der Waals surface area contributed by atoms with Gasteiger partial charge in [0.2, 0.25) is 0 Å². The third kappa shape index (κ3) is 4.35. The van der Waals surface area contributed by atoms with E-state index in [0.29, 0.717) is 26.2 Å². The zero-order valence-electron chi connectivity index (χ0n) is 14.2. The fraction of sp³-hybridized carbons (Fsp3) is 0.368. The highest BCUT2D eigenvalue weighted by atomic mass is 16.5. The Labute approximate surface area is 146 Å². The number of carbonyl (C=O) groups excluding carboxylic acids is 1. The largest absolute Gasteiger partial charge is 0.379 e. The van der Waals surface area contributed by atoms with Crippen LogP contribution in [-0.2, 0) is 23.1 Å². The molecule has 2 heterocycles. The zero-order chi connectivity index (χ0) is 17.6. The fourth-order valence-electron chi connectivity index (χ4n) is 2.83. The maximum Gasteiger partial charge on any atom is 0.263 e. The molecule has 1 aromatic carbocycles. The molecule has 6 heteroatoms. The van der Waals surface area contributed by atoms with Gasteiger partial charge in [-0.1, -0.05) is 30.3 Å². The SMILES string of the molecule is Cn1cccc(C(=O)N[C@@H]2CCOC[C@H]2OCc2ccccc2)c1=O. The number of ether oxygens (including phenoxy) is 2. The van der Waals surface area contributed by atoms with Crippen molar-refractivity contribution in [2.45, 2.75) is 25.2 Å². The predicted molar refractivity (Wildman–Crippen MR) is 93.4 cm³/mol. The zero-order valence-corrected chi connectivity index (χ0v) is 14.2. The van der Waals surface area contributed by atoms with Gasteiger partial charge in [-0.2, -0.15) is 0 Å². The molecular weight excluding hydrogens is 320 g/mol. The Kier molecular flexibility index (Phi) is 5.63. The summed E-state index contributed by atoms with van der Waals surface area (Å²) in [5.41, 5.74) is 0.891. The van der Waals surface area contributed by atoms with E-state index in [1.54, 1.807) is 19.3 Å². The van der Waals surface area contributed by atoms with Crippen LogP contribution in [0.25, 0.3) is 0 Å². The van der Waals surface area contributed by atoms with Crippen molar-refractivity contribution in [1.82, 2.24) is 9.88 Å². The van der Waals surface area contributed by atoms with Gasteiger partial charge >= 0.3 is 0 Å². The van der Waals surface area contributed by atoms with Gasteiger partial charge < -0.3 is 19.4 Å². The Hall–Kier alpha value is -2.44. The average molecular weight is 342 g/mol. The molecule has 1 aromatic heterocycles. The third-order valence-electron chi connectivity index (χ3n) is 4.30. The first-order valence-corrected chi connectivity index (χ1v) is 8.35. The first-order valence-electron chi connectivity index (χ1n) is 8.35. The molecule has 3 rings (SSSR count). The number of benzene rings is 1. The minimum absolute atomic E-state index is 0.137. The van der Waals surface area contributed by atoms with Crippen LogP contribution in [0, 0.1) is 0 Å². The summed E-state index contributed by atoms with van der Waals surface area (Å²) in [5.74, 6) is -0.374. The lowest BCUT2D eigenvalue weighted by atomic mass is 10.1. The molecular formula is C19H22N2O4. The van der Waals surface area contributed by atoms with E-state index in [0.717, 1.165) is 5.56 Å². The van der Waals surface area contributed by atoms with Gasteiger partial charge in [0.05, 0.1) is 19.3 Å². The van der Waals surface area contributed by atoms with Crippen molar-refractivity contribution in [3.8, 4) is 0 Å². The Bertz CT molecular complexity index is 772. The Morgan fingerprint density at radius 2 is 2.08 bits per heavy atom. The van der Waals surface area contributed by atoms with Crippen LogP contribution < -0.4 is 10.9 Å². The highest BCUT2D eigenvalue weighted by Crippen LogP contribution is 2.14. The molecule has 1 N–H and O–H groups in total. The number of rotatable bonds is 5. The van der Waals surface area contributed by atoms with Gasteiger partial charge in [-0.3, -0.25) is 9.59 Å². The van der Waals surface area contributed by atoms with Crippen LogP contribution in [0.2, 0.25) is 0 Å². The van der Waals surface area contributed by atoms with Crippen LogP contribution in [0.1, 0.15) is 22.3 Å². The molecule has 132 valence electrons. The molecule has 0 spiro atoms. The summed E-state index contributed by atoms with van der Waals surface area (Å²) in [7, 11) is 1.62. The van der Waals surface area contributed by atoms with Crippen LogP contribution in [-0.4, -0.2) is 35.8 Å². The van der Waals surface area contributed by atoms with Crippen molar-refractivity contribution in [2.75, 3.05) is 13.2 Å². The third-order valence-corrected chi connectivity index (χ3v) is 4.30. The number of hydrogen-bond acceptors (Lipinski definition) is 4. The summed E-state index contributed by atoms with van der Waals surface area (Å²) in [5, 5.41) is 2.93. The summed E-state index contributed by atoms with van der Waals surface area (Å²) >= 11 is 0. The topological polar surface area (TPSA) is 69.6 Å².